The van der Waals surface area contributed by atoms with E-state index in [1.807, 2.05) is 0 Å². The number of aromatic carboxylic acids is 1. The van der Waals surface area contributed by atoms with Gasteiger partial charge in [0.1, 0.15) is 0 Å². The van der Waals surface area contributed by atoms with E-state index in [1.54, 1.807) is 12.1 Å². The topological polar surface area (TPSA) is 55.1 Å². The number of hydrogen-bond acceptors (Lipinski definition) is 2. The van der Waals surface area contributed by atoms with Gasteiger partial charge in [0.2, 0.25) is 0 Å². The van der Waals surface area contributed by atoms with E-state index in [1.165, 1.54) is 23.7 Å². The fraction of sp³-hybridized carbons (Fsp3) is 0.167. The van der Waals surface area contributed by atoms with E-state index >= 15 is 0 Å². The van der Waals surface area contributed by atoms with Crippen molar-refractivity contribution in [3.63, 3.8) is 0 Å². The number of hydrogen-bond donors (Lipinski definition) is 1. The van der Waals surface area contributed by atoms with Gasteiger partial charge >= 0.3 is 5.97 Å². The maximum atomic E-state index is 12.6. The molecule has 2 aromatic rings. The maximum Gasteiger partial charge on any atom is 0.337 e. The number of benzene rings is 1. The number of alkyl halides is 2. The lowest BCUT2D eigenvalue weighted by molar-refractivity contribution is 0.0696. The molecule has 0 aliphatic carbocycles. The number of aromatic nitrogens is 2. The van der Waals surface area contributed by atoms with E-state index in [9.17, 15) is 13.6 Å². The highest BCUT2D eigenvalue weighted by Crippen LogP contribution is 2.24. The zero-order valence-corrected chi connectivity index (χ0v) is 9.47. The van der Waals surface area contributed by atoms with Gasteiger partial charge < -0.3 is 5.11 Å². The summed E-state index contributed by atoms with van der Waals surface area (Å²) in [5.41, 5.74) is 0.265. The highest BCUT2D eigenvalue weighted by atomic mass is 19.3. The molecule has 0 bridgehead atoms. The molecule has 0 radical (unpaired) electrons. The molecule has 0 spiro atoms. The average molecular weight is 252 g/mol. The van der Waals surface area contributed by atoms with Gasteiger partial charge in [-0.05, 0) is 19.1 Å². The zero-order valence-electron chi connectivity index (χ0n) is 9.47. The normalized spacial score (nSPS) is 10.9. The molecule has 0 atom stereocenters. The molecular formula is C12H10F2N2O2. The van der Waals surface area contributed by atoms with Crippen LogP contribution in [-0.4, -0.2) is 20.9 Å². The molecule has 0 aliphatic rings. The van der Waals surface area contributed by atoms with Crippen molar-refractivity contribution in [2.45, 2.75) is 13.3 Å². The van der Waals surface area contributed by atoms with Crippen molar-refractivity contribution in [2.24, 2.45) is 0 Å². The van der Waals surface area contributed by atoms with E-state index in [0.29, 0.717) is 0 Å². The van der Waals surface area contributed by atoms with Crippen LogP contribution in [0.3, 0.4) is 0 Å². The third-order valence-electron chi connectivity index (χ3n) is 2.55. The fourth-order valence-electron chi connectivity index (χ4n) is 1.67. The molecule has 0 unspecified atom stereocenters. The van der Waals surface area contributed by atoms with Crippen molar-refractivity contribution in [3.05, 3.63) is 47.3 Å². The minimum atomic E-state index is -2.63. The maximum absolute atomic E-state index is 12.6. The number of carboxylic acids is 1. The molecule has 0 aliphatic heterocycles. The summed E-state index contributed by atoms with van der Waals surface area (Å²) in [5, 5.41) is 12.9. The van der Waals surface area contributed by atoms with Crippen LogP contribution in [0.5, 0.6) is 0 Å². The zero-order chi connectivity index (χ0) is 13.3. The molecule has 1 heterocycles. The highest BCUT2D eigenvalue weighted by Gasteiger charge is 2.17. The molecule has 6 heteroatoms. The number of nitrogens with zero attached hydrogens (tertiary/aromatic N) is 2. The van der Waals surface area contributed by atoms with Gasteiger partial charge in [0.15, 0.2) is 0 Å². The van der Waals surface area contributed by atoms with Gasteiger partial charge in [-0.3, -0.25) is 0 Å². The third-order valence-corrected chi connectivity index (χ3v) is 2.55. The Labute approximate surface area is 101 Å². The Hall–Kier alpha value is -2.24. The number of carboxylic acid groups (broad SMARTS) is 1. The summed E-state index contributed by atoms with van der Waals surface area (Å²) < 4.78 is 26.5. The summed E-state index contributed by atoms with van der Waals surface area (Å²) in [6.07, 6.45) is -1.47. The molecule has 1 N–H and O–H groups in total. The summed E-state index contributed by atoms with van der Waals surface area (Å²) in [5.74, 6) is -1.13. The van der Waals surface area contributed by atoms with Crippen LogP contribution in [0.4, 0.5) is 8.78 Å². The first-order valence-electron chi connectivity index (χ1n) is 5.17. The second-order valence-corrected chi connectivity index (χ2v) is 3.74. The number of carbonyl (C=O) groups is 1. The second-order valence-electron chi connectivity index (χ2n) is 3.74. The predicted octanol–water partition coefficient (Wildman–Crippen LogP) is 2.82. The first-order chi connectivity index (χ1) is 8.50. The van der Waals surface area contributed by atoms with Crippen molar-refractivity contribution in [2.75, 3.05) is 0 Å². The molecule has 18 heavy (non-hydrogen) atoms. The Morgan fingerprint density at radius 2 is 2.06 bits per heavy atom. The Bertz CT molecular complexity index is 594. The number of rotatable bonds is 3. The quantitative estimate of drug-likeness (QED) is 0.913. The van der Waals surface area contributed by atoms with Gasteiger partial charge in [0.25, 0.3) is 6.43 Å². The summed E-state index contributed by atoms with van der Waals surface area (Å²) >= 11 is 0. The third kappa shape index (κ3) is 2.09. The summed E-state index contributed by atoms with van der Waals surface area (Å²) in [7, 11) is 0. The largest absolute Gasteiger partial charge is 0.478 e. The molecule has 1 aromatic heterocycles. The van der Waals surface area contributed by atoms with Crippen molar-refractivity contribution in [1.29, 1.82) is 0 Å². The van der Waals surface area contributed by atoms with Crippen molar-refractivity contribution < 1.29 is 18.7 Å². The lowest BCUT2D eigenvalue weighted by Crippen LogP contribution is -2.05. The van der Waals surface area contributed by atoms with Crippen LogP contribution in [0.1, 0.15) is 28.0 Å². The van der Waals surface area contributed by atoms with Gasteiger partial charge in [-0.15, -0.1) is 0 Å². The molecular weight excluding hydrogens is 242 g/mol. The summed E-state index contributed by atoms with van der Waals surface area (Å²) in [6.45, 7) is 1.46. The van der Waals surface area contributed by atoms with E-state index in [-0.39, 0.29) is 22.5 Å². The van der Waals surface area contributed by atoms with Crippen LogP contribution < -0.4 is 0 Å². The number of aryl methyl sites for hydroxylation is 1. The van der Waals surface area contributed by atoms with E-state index in [4.69, 9.17) is 5.11 Å². The van der Waals surface area contributed by atoms with Crippen molar-refractivity contribution >= 4 is 5.97 Å². The van der Waals surface area contributed by atoms with E-state index in [2.05, 4.69) is 5.10 Å². The van der Waals surface area contributed by atoms with Gasteiger partial charge in [-0.1, -0.05) is 12.1 Å². The molecule has 0 saturated carbocycles. The molecule has 0 fully saturated rings. The SMILES string of the molecule is Cc1nn(-c2ccccc2C(=O)O)cc1C(F)F. The predicted molar refractivity (Wildman–Crippen MR) is 60.2 cm³/mol. The van der Waals surface area contributed by atoms with Gasteiger partial charge in [-0.2, -0.15) is 5.10 Å². The van der Waals surface area contributed by atoms with Crippen molar-refractivity contribution in [3.8, 4) is 5.69 Å². The molecule has 0 saturated heterocycles. The van der Waals surface area contributed by atoms with Gasteiger partial charge in [0.05, 0.1) is 22.5 Å². The molecule has 1 aromatic carbocycles. The molecule has 2 rings (SSSR count). The fourth-order valence-corrected chi connectivity index (χ4v) is 1.67. The summed E-state index contributed by atoms with van der Waals surface area (Å²) in [4.78, 5) is 11.0. The second kappa shape index (κ2) is 4.56. The standard InChI is InChI=1S/C12H10F2N2O2/c1-7-9(11(13)14)6-16(15-7)10-5-3-2-4-8(10)12(17)18/h2-6,11H,1H3,(H,17,18). The highest BCUT2D eigenvalue weighted by molar-refractivity contribution is 5.91. The molecule has 0 amide bonds. The van der Waals surface area contributed by atoms with Gasteiger partial charge in [0, 0.05) is 6.20 Å². The van der Waals surface area contributed by atoms with Crippen LogP contribution in [0.15, 0.2) is 30.5 Å². The van der Waals surface area contributed by atoms with Crippen LogP contribution in [0.2, 0.25) is 0 Å². The Morgan fingerprint density at radius 1 is 1.39 bits per heavy atom. The van der Waals surface area contributed by atoms with Crippen LogP contribution >= 0.6 is 0 Å². The minimum absolute atomic E-state index is 0.0146. The average Bonchev–Trinajstić information content (AvgIpc) is 2.71. The van der Waals surface area contributed by atoms with E-state index < -0.39 is 12.4 Å². The number of halogens is 2. The van der Waals surface area contributed by atoms with Crippen molar-refractivity contribution in [1.82, 2.24) is 9.78 Å². The van der Waals surface area contributed by atoms with Crippen LogP contribution in [0.25, 0.3) is 5.69 Å². The first-order valence-corrected chi connectivity index (χ1v) is 5.17. The number of para-hydroxylation sites is 1. The first kappa shape index (κ1) is 12.2. The molecule has 94 valence electrons. The summed E-state index contributed by atoms with van der Waals surface area (Å²) in [6, 6.07) is 6.11. The molecule has 4 nitrogen and oxygen atoms in total. The van der Waals surface area contributed by atoms with Crippen LogP contribution in [0, 0.1) is 6.92 Å². The Morgan fingerprint density at radius 3 is 2.61 bits per heavy atom. The monoisotopic (exact) mass is 252 g/mol. The van der Waals surface area contributed by atoms with Crippen LogP contribution in [-0.2, 0) is 0 Å². The Kier molecular flexibility index (Phi) is 3.10. The lowest BCUT2D eigenvalue weighted by Gasteiger charge is -2.05. The minimum Gasteiger partial charge on any atom is -0.478 e. The van der Waals surface area contributed by atoms with E-state index in [0.717, 1.165) is 6.20 Å². The lowest BCUT2D eigenvalue weighted by atomic mass is 10.2. The smallest absolute Gasteiger partial charge is 0.337 e. The van der Waals surface area contributed by atoms with Gasteiger partial charge in [-0.25, -0.2) is 18.3 Å². The Balaban J connectivity index is 2.56.